The molecule has 0 spiro atoms. The van der Waals surface area contributed by atoms with E-state index in [1.54, 1.807) is 12.1 Å². The third kappa shape index (κ3) is 4.57. The lowest BCUT2D eigenvalue weighted by Gasteiger charge is -2.08. The van der Waals surface area contributed by atoms with Crippen LogP contribution in [0.3, 0.4) is 0 Å². The van der Waals surface area contributed by atoms with Crippen LogP contribution in [0.2, 0.25) is 0 Å². The third-order valence-corrected chi connectivity index (χ3v) is 2.02. The van der Waals surface area contributed by atoms with Gasteiger partial charge in [0.25, 0.3) is 5.91 Å². The van der Waals surface area contributed by atoms with Crippen molar-refractivity contribution in [2.24, 2.45) is 4.99 Å². The van der Waals surface area contributed by atoms with E-state index in [9.17, 15) is 14.4 Å². The number of amides is 1. The van der Waals surface area contributed by atoms with Gasteiger partial charge >= 0.3 is 5.97 Å². The van der Waals surface area contributed by atoms with Crippen molar-refractivity contribution in [2.75, 3.05) is 7.11 Å². The number of esters is 1. The van der Waals surface area contributed by atoms with E-state index in [0.717, 1.165) is 12.2 Å². The molecule has 6 nitrogen and oxygen atoms in total. The zero-order chi connectivity index (χ0) is 14.3. The summed E-state index contributed by atoms with van der Waals surface area (Å²) in [5, 5.41) is 0. The van der Waals surface area contributed by atoms with Crippen LogP contribution in [-0.4, -0.2) is 25.1 Å². The van der Waals surface area contributed by atoms with Crippen LogP contribution in [0.5, 0.6) is 11.5 Å². The molecule has 1 rings (SSSR count). The quantitative estimate of drug-likeness (QED) is 0.269. The molecule has 0 saturated carbocycles. The summed E-state index contributed by atoms with van der Waals surface area (Å²) < 4.78 is 9.99. The monoisotopic (exact) mass is 261 g/mol. The van der Waals surface area contributed by atoms with Crippen LogP contribution >= 0.6 is 0 Å². The van der Waals surface area contributed by atoms with Gasteiger partial charge in [0.05, 0.1) is 7.11 Å². The highest BCUT2D eigenvalue weighted by Crippen LogP contribution is 2.28. The normalized spacial score (nSPS) is 9.79. The molecule has 0 aliphatic heterocycles. The van der Waals surface area contributed by atoms with Crippen LogP contribution in [0.25, 0.3) is 6.08 Å². The summed E-state index contributed by atoms with van der Waals surface area (Å²) in [4.78, 5) is 34.6. The fraction of sp³-hybridized carbons (Fsp3) is 0.154. The molecule has 0 aliphatic carbocycles. The second-order valence-electron chi connectivity index (χ2n) is 3.38. The number of hydrogen-bond acceptors (Lipinski definition) is 5. The van der Waals surface area contributed by atoms with E-state index < -0.39 is 11.9 Å². The molecule has 0 saturated heterocycles. The van der Waals surface area contributed by atoms with E-state index in [0.29, 0.717) is 11.3 Å². The molecule has 0 unspecified atom stereocenters. The summed E-state index contributed by atoms with van der Waals surface area (Å²) >= 11 is 0. The summed E-state index contributed by atoms with van der Waals surface area (Å²) in [5.74, 6) is -0.539. The van der Waals surface area contributed by atoms with Crippen molar-refractivity contribution in [2.45, 2.75) is 6.92 Å². The Morgan fingerprint density at radius 1 is 1.32 bits per heavy atom. The Labute approximate surface area is 109 Å². The number of aliphatic imine (C=N–C) groups is 1. The maximum absolute atomic E-state index is 11.0. The van der Waals surface area contributed by atoms with Crippen LogP contribution in [0, 0.1) is 0 Å². The van der Waals surface area contributed by atoms with Crippen molar-refractivity contribution in [1.29, 1.82) is 0 Å². The predicted molar refractivity (Wildman–Crippen MR) is 66.5 cm³/mol. The first kappa shape index (κ1) is 14.3. The second-order valence-corrected chi connectivity index (χ2v) is 3.38. The first-order chi connectivity index (χ1) is 9.06. The minimum absolute atomic E-state index is 0.282. The summed E-state index contributed by atoms with van der Waals surface area (Å²) in [5.41, 5.74) is 0.627. The van der Waals surface area contributed by atoms with Crippen LogP contribution in [-0.2, 0) is 14.4 Å². The van der Waals surface area contributed by atoms with Crippen LogP contribution in [0.4, 0.5) is 0 Å². The number of carbonyl (C=O) groups excluding carboxylic acids is 3. The molecule has 98 valence electrons. The van der Waals surface area contributed by atoms with E-state index in [1.165, 1.54) is 26.2 Å². The Morgan fingerprint density at radius 3 is 2.63 bits per heavy atom. The first-order valence-electron chi connectivity index (χ1n) is 5.23. The lowest BCUT2D eigenvalue weighted by atomic mass is 10.2. The standard InChI is InChI=1S/C13H11NO5/c1-9(16)19-11-5-3-10(7-12(11)18-2)4-6-13(17)14-8-15/h3-7H,1-2H3. The Hall–Kier alpha value is -2.72. The number of nitrogens with zero attached hydrogens (tertiary/aromatic N) is 1. The highest BCUT2D eigenvalue weighted by Gasteiger charge is 2.07. The first-order valence-corrected chi connectivity index (χ1v) is 5.23. The van der Waals surface area contributed by atoms with Crippen LogP contribution in [0.1, 0.15) is 12.5 Å². The molecular formula is C13H11NO5. The molecule has 0 radical (unpaired) electrons. The molecule has 1 aromatic carbocycles. The van der Waals surface area contributed by atoms with Gasteiger partial charge in [-0.15, -0.1) is 4.99 Å². The lowest BCUT2D eigenvalue weighted by molar-refractivity contribution is -0.132. The van der Waals surface area contributed by atoms with Gasteiger partial charge in [0.2, 0.25) is 6.08 Å². The van der Waals surface area contributed by atoms with Crippen LogP contribution in [0.15, 0.2) is 29.3 Å². The van der Waals surface area contributed by atoms with E-state index in [2.05, 4.69) is 4.99 Å². The van der Waals surface area contributed by atoms with Crippen LogP contribution < -0.4 is 9.47 Å². The fourth-order valence-electron chi connectivity index (χ4n) is 1.28. The average molecular weight is 261 g/mol. The number of isocyanates is 1. The van der Waals surface area contributed by atoms with Gasteiger partial charge < -0.3 is 9.47 Å². The zero-order valence-electron chi connectivity index (χ0n) is 10.4. The maximum Gasteiger partial charge on any atom is 0.308 e. The summed E-state index contributed by atoms with van der Waals surface area (Å²) in [6.07, 6.45) is 3.71. The molecule has 0 aromatic heterocycles. The van der Waals surface area contributed by atoms with E-state index in [4.69, 9.17) is 9.47 Å². The number of carbonyl (C=O) groups is 2. The molecule has 6 heteroatoms. The minimum Gasteiger partial charge on any atom is -0.493 e. The van der Waals surface area contributed by atoms with Crippen molar-refractivity contribution < 1.29 is 23.9 Å². The molecule has 0 aliphatic rings. The molecule has 0 bridgehead atoms. The Bertz CT molecular complexity index is 570. The Morgan fingerprint density at radius 2 is 2.05 bits per heavy atom. The Kier molecular flexibility index (Phi) is 5.19. The molecule has 1 aromatic rings. The minimum atomic E-state index is -0.710. The molecule has 0 atom stereocenters. The van der Waals surface area contributed by atoms with Gasteiger partial charge in [0, 0.05) is 13.0 Å². The molecule has 0 fully saturated rings. The Balaban J connectivity index is 2.96. The lowest BCUT2D eigenvalue weighted by Crippen LogP contribution is -2.03. The maximum atomic E-state index is 11.0. The molecule has 19 heavy (non-hydrogen) atoms. The van der Waals surface area contributed by atoms with Crippen molar-refractivity contribution in [3.05, 3.63) is 29.8 Å². The van der Waals surface area contributed by atoms with Gasteiger partial charge in [-0.05, 0) is 23.8 Å². The zero-order valence-corrected chi connectivity index (χ0v) is 10.4. The number of hydrogen-bond donors (Lipinski definition) is 0. The number of ether oxygens (including phenoxy) is 2. The van der Waals surface area contributed by atoms with Crippen molar-refractivity contribution >= 4 is 24.0 Å². The van der Waals surface area contributed by atoms with Gasteiger partial charge in [0.15, 0.2) is 11.5 Å². The van der Waals surface area contributed by atoms with Gasteiger partial charge in [-0.25, -0.2) is 4.79 Å². The fourth-order valence-corrected chi connectivity index (χ4v) is 1.28. The molecule has 0 heterocycles. The predicted octanol–water partition coefficient (Wildman–Crippen LogP) is 1.50. The molecule has 0 N–H and O–H groups in total. The number of methoxy groups -OCH3 is 1. The van der Waals surface area contributed by atoms with Gasteiger partial charge in [-0.3, -0.25) is 9.59 Å². The second kappa shape index (κ2) is 6.88. The van der Waals surface area contributed by atoms with E-state index in [-0.39, 0.29) is 5.75 Å². The van der Waals surface area contributed by atoms with Gasteiger partial charge in [0.1, 0.15) is 0 Å². The van der Waals surface area contributed by atoms with Crippen molar-refractivity contribution in [3.8, 4) is 11.5 Å². The number of rotatable bonds is 4. The van der Waals surface area contributed by atoms with Gasteiger partial charge in [-0.2, -0.15) is 0 Å². The topological polar surface area (TPSA) is 82.0 Å². The molecule has 1 amide bonds. The third-order valence-electron chi connectivity index (χ3n) is 2.02. The SMILES string of the molecule is COc1cc(C=CC(=O)N=C=O)ccc1OC(C)=O. The highest BCUT2D eigenvalue weighted by atomic mass is 16.6. The smallest absolute Gasteiger partial charge is 0.308 e. The summed E-state index contributed by atoms with van der Waals surface area (Å²) in [6.45, 7) is 1.28. The largest absolute Gasteiger partial charge is 0.493 e. The average Bonchev–Trinajstić information content (AvgIpc) is 2.37. The van der Waals surface area contributed by atoms with Gasteiger partial charge in [-0.1, -0.05) is 6.07 Å². The van der Waals surface area contributed by atoms with E-state index in [1.807, 2.05) is 0 Å². The highest BCUT2D eigenvalue weighted by molar-refractivity contribution is 5.95. The summed E-state index contributed by atoms with van der Waals surface area (Å²) in [6, 6.07) is 4.73. The van der Waals surface area contributed by atoms with Crippen molar-refractivity contribution in [1.82, 2.24) is 0 Å². The number of benzene rings is 1. The summed E-state index contributed by atoms with van der Waals surface area (Å²) in [7, 11) is 1.43. The van der Waals surface area contributed by atoms with E-state index >= 15 is 0 Å². The molecular weight excluding hydrogens is 250 g/mol. The van der Waals surface area contributed by atoms with Crippen molar-refractivity contribution in [3.63, 3.8) is 0 Å².